The van der Waals surface area contributed by atoms with Crippen LogP contribution in [0.15, 0.2) is 11.1 Å². The topological polar surface area (TPSA) is 12.0 Å². The molecule has 0 bridgehead atoms. The second kappa shape index (κ2) is 3.61. The molecule has 1 aliphatic carbocycles. The summed E-state index contributed by atoms with van der Waals surface area (Å²) in [6.07, 6.45) is 7.11. The maximum absolute atomic E-state index is 3.35. The highest BCUT2D eigenvalue weighted by atomic mass is 14.9. The van der Waals surface area contributed by atoms with Crippen molar-refractivity contribution in [3.05, 3.63) is 11.1 Å². The Labute approximate surface area is 75.2 Å². The van der Waals surface area contributed by atoms with Gasteiger partial charge < -0.3 is 5.32 Å². The Morgan fingerprint density at radius 1 is 1.33 bits per heavy atom. The van der Waals surface area contributed by atoms with Gasteiger partial charge >= 0.3 is 0 Å². The van der Waals surface area contributed by atoms with E-state index in [1.165, 1.54) is 45.2 Å². The van der Waals surface area contributed by atoms with Crippen molar-refractivity contribution in [1.82, 2.24) is 5.32 Å². The molecule has 12 heavy (non-hydrogen) atoms. The number of allylic oxidation sites excluding steroid dienone is 1. The first-order chi connectivity index (χ1) is 5.92. The fraction of sp³-hybridized carbons (Fsp3) is 0.818. The SMILES string of the molecule is CCC1CCCCC1=C1CNC1. The van der Waals surface area contributed by atoms with Crippen molar-refractivity contribution in [3.8, 4) is 0 Å². The van der Waals surface area contributed by atoms with Gasteiger partial charge in [0.05, 0.1) is 0 Å². The third kappa shape index (κ3) is 1.42. The lowest BCUT2D eigenvalue weighted by Gasteiger charge is -2.31. The lowest BCUT2D eigenvalue weighted by Crippen LogP contribution is -2.36. The summed E-state index contributed by atoms with van der Waals surface area (Å²) >= 11 is 0. The number of nitrogens with one attached hydrogen (secondary N) is 1. The minimum absolute atomic E-state index is 0.941. The zero-order chi connectivity index (χ0) is 8.39. The van der Waals surface area contributed by atoms with Crippen molar-refractivity contribution in [3.63, 3.8) is 0 Å². The average Bonchev–Trinajstić information content (AvgIpc) is 2.02. The Hall–Kier alpha value is -0.300. The minimum atomic E-state index is 0.941. The molecule has 1 aliphatic heterocycles. The maximum atomic E-state index is 3.35. The summed E-state index contributed by atoms with van der Waals surface area (Å²) in [4.78, 5) is 0. The Morgan fingerprint density at radius 2 is 2.17 bits per heavy atom. The van der Waals surface area contributed by atoms with E-state index in [0.29, 0.717) is 0 Å². The van der Waals surface area contributed by atoms with E-state index in [-0.39, 0.29) is 0 Å². The standard InChI is InChI=1S/C11H19N/c1-2-9-5-3-4-6-11(9)10-7-12-8-10/h9,12H,2-8H2,1H3. The van der Waals surface area contributed by atoms with Crippen LogP contribution < -0.4 is 5.32 Å². The highest BCUT2D eigenvalue weighted by Gasteiger charge is 2.22. The molecule has 1 atom stereocenters. The number of rotatable bonds is 1. The van der Waals surface area contributed by atoms with E-state index in [1.807, 2.05) is 5.57 Å². The molecule has 0 aromatic rings. The van der Waals surface area contributed by atoms with Crippen LogP contribution >= 0.6 is 0 Å². The monoisotopic (exact) mass is 165 g/mol. The van der Waals surface area contributed by atoms with Crippen molar-refractivity contribution >= 4 is 0 Å². The second-order valence-electron chi connectivity index (χ2n) is 4.08. The lowest BCUT2D eigenvalue weighted by molar-refractivity contribution is 0.427. The first kappa shape index (κ1) is 8.31. The van der Waals surface area contributed by atoms with Crippen LogP contribution in [0.25, 0.3) is 0 Å². The molecule has 2 rings (SSSR count). The number of hydrogen-bond acceptors (Lipinski definition) is 1. The third-order valence-corrected chi connectivity index (χ3v) is 3.37. The Bertz CT molecular complexity index is 187. The summed E-state index contributed by atoms with van der Waals surface area (Å²) < 4.78 is 0. The van der Waals surface area contributed by atoms with E-state index < -0.39 is 0 Å². The van der Waals surface area contributed by atoms with E-state index in [2.05, 4.69) is 12.2 Å². The molecular weight excluding hydrogens is 146 g/mol. The predicted octanol–water partition coefficient (Wildman–Crippen LogP) is 2.49. The molecule has 0 amide bonds. The van der Waals surface area contributed by atoms with Gasteiger partial charge in [-0.1, -0.05) is 18.9 Å². The highest BCUT2D eigenvalue weighted by Crippen LogP contribution is 2.34. The summed E-state index contributed by atoms with van der Waals surface area (Å²) in [5.74, 6) is 0.941. The fourth-order valence-electron chi connectivity index (χ4n) is 2.48. The molecule has 1 saturated heterocycles. The van der Waals surface area contributed by atoms with Gasteiger partial charge in [0, 0.05) is 13.1 Å². The van der Waals surface area contributed by atoms with E-state index in [4.69, 9.17) is 0 Å². The van der Waals surface area contributed by atoms with Gasteiger partial charge in [-0.05, 0) is 37.2 Å². The van der Waals surface area contributed by atoms with Crippen LogP contribution in [0.5, 0.6) is 0 Å². The van der Waals surface area contributed by atoms with Crippen LogP contribution in [-0.2, 0) is 0 Å². The molecule has 1 N–H and O–H groups in total. The molecule has 68 valence electrons. The molecule has 2 aliphatic rings. The van der Waals surface area contributed by atoms with Gasteiger partial charge in [-0.15, -0.1) is 0 Å². The normalized spacial score (nSPS) is 30.2. The minimum Gasteiger partial charge on any atom is -0.309 e. The summed E-state index contributed by atoms with van der Waals surface area (Å²) in [6.45, 7) is 4.71. The van der Waals surface area contributed by atoms with Gasteiger partial charge in [0.1, 0.15) is 0 Å². The van der Waals surface area contributed by atoms with Crippen LogP contribution in [0.4, 0.5) is 0 Å². The van der Waals surface area contributed by atoms with Gasteiger partial charge in [0.15, 0.2) is 0 Å². The highest BCUT2D eigenvalue weighted by molar-refractivity contribution is 5.25. The molecule has 1 saturated carbocycles. The van der Waals surface area contributed by atoms with Gasteiger partial charge in [0.25, 0.3) is 0 Å². The lowest BCUT2D eigenvalue weighted by atomic mass is 9.79. The van der Waals surface area contributed by atoms with E-state index in [1.54, 1.807) is 5.57 Å². The number of hydrogen-bond donors (Lipinski definition) is 1. The quantitative estimate of drug-likeness (QED) is 0.589. The Morgan fingerprint density at radius 3 is 2.75 bits per heavy atom. The van der Waals surface area contributed by atoms with Gasteiger partial charge in [-0.3, -0.25) is 0 Å². The van der Waals surface area contributed by atoms with Crippen molar-refractivity contribution < 1.29 is 0 Å². The average molecular weight is 165 g/mol. The van der Waals surface area contributed by atoms with Crippen LogP contribution in [0.3, 0.4) is 0 Å². The van der Waals surface area contributed by atoms with Crippen molar-refractivity contribution in [2.24, 2.45) is 5.92 Å². The molecular formula is C11H19N. The van der Waals surface area contributed by atoms with E-state index >= 15 is 0 Å². The molecule has 1 heterocycles. The predicted molar refractivity (Wildman–Crippen MR) is 52.1 cm³/mol. The van der Waals surface area contributed by atoms with E-state index in [9.17, 15) is 0 Å². The third-order valence-electron chi connectivity index (χ3n) is 3.37. The van der Waals surface area contributed by atoms with Crippen LogP contribution in [0.1, 0.15) is 39.0 Å². The summed E-state index contributed by atoms with van der Waals surface area (Å²) in [5, 5.41) is 3.35. The smallest absolute Gasteiger partial charge is 0.0183 e. The second-order valence-corrected chi connectivity index (χ2v) is 4.08. The van der Waals surface area contributed by atoms with Gasteiger partial charge in [-0.25, -0.2) is 0 Å². The zero-order valence-electron chi connectivity index (χ0n) is 8.03. The molecule has 0 spiro atoms. The van der Waals surface area contributed by atoms with E-state index in [0.717, 1.165) is 5.92 Å². The Kier molecular flexibility index (Phi) is 2.50. The largest absolute Gasteiger partial charge is 0.309 e. The van der Waals surface area contributed by atoms with Crippen LogP contribution in [-0.4, -0.2) is 13.1 Å². The molecule has 2 fully saturated rings. The summed E-state index contributed by atoms with van der Waals surface area (Å²) in [6, 6.07) is 0. The van der Waals surface area contributed by atoms with Crippen LogP contribution in [0.2, 0.25) is 0 Å². The fourth-order valence-corrected chi connectivity index (χ4v) is 2.48. The van der Waals surface area contributed by atoms with Crippen molar-refractivity contribution in [2.45, 2.75) is 39.0 Å². The zero-order valence-corrected chi connectivity index (χ0v) is 8.03. The first-order valence-corrected chi connectivity index (χ1v) is 5.33. The Balaban J connectivity index is 2.09. The molecule has 1 nitrogen and oxygen atoms in total. The molecule has 1 heteroatoms. The van der Waals surface area contributed by atoms with Crippen molar-refractivity contribution in [2.75, 3.05) is 13.1 Å². The van der Waals surface area contributed by atoms with Gasteiger partial charge in [0.2, 0.25) is 0 Å². The maximum Gasteiger partial charge on any atom is 0.0183 e. The summed E-state index contributed by atoms with van der Waals surface area (Å²) in [5.41, 5.74) is 3.56. The first-order valence-electron chi connectivity index (χ1n) is 5.33. The van der Waals surface area contributed by atoms with Crippen LogP contribution in [0, 0.1) is 5.92 Å². The molecule has 0 aromatic heterocycles. The molecule has 1 unspecified atom stereocenters. The molecule has 0 aromatic carbocycles. The molecule has 0 radical (unpaired) electrons. The summed E-state index contributed by atoms with van der Waals surface area (Å²) in [7, 11) is 0. The van der Waals surface area contributed by atoms with Gasteiger partial charge in [-0.2, -0.15) is 0 Å². The van der Waals surface area contributed by atoms with Crippen molar-refractivity contribution in [1.29, 1.82) is 0 Å².